The molecule has 2 unspecified atom stereocenters. The van der Waals surface area contributed by atoms with Gasteiger partial charge in [-0.05, 0) is 96.3 Å². The molecule has 0 fully saturated rings. The summed E-state index contributed by atoms with van der Waals surface area (Å²) in [5.41, 5.74) is 0. The van der Waals surface area contributed by atoms with E-state index in [-0.39, 0.29) is 12.3 Å². The predicted octanol–water partition coefficient (Wildman–Crippen LogP) is 13.3. The zero-order valence-corrected chi connectivity index (χ0v) is 36.0. The van der Waals surface area contributed by atoms with Crippen molar-refractivity contribution < 1.29 is 22.9 Å². The largest absolute Gasteiger partial charge is 0.387 e. The van der Waals surface area contributed by atoms with Crippen LogP contribution in [-0.2, 0) is 14.9 Å². The van der Waals surface area contributed by atoms with Crippen LogP contribution in [0.3, 0.4) is 0 Å². The first kappa shape index (κ1) is 52.7. The average Bonchev–Trinajstić information content (AvgIpc) is 3.16. The quantitative estimate of drug-likeness (QED) is 0.0330. The fourth-order valence-electron chi connectivity index (χ4n) is 5.64. The highest BCUT2D eigenvalue weighted by Crippen LogP contribution is 2.10. The van der Waals surface area contributed by atoms with Crippen molar-refractivity contribution in [2.24, 2.45) is 0 Å². The second kappa shape index (κ2) is 41.4. The molecule has 316 valence electrons. The van der Waals surface area contributed by atoms with Gasteiger partial charge in [-0.2, -0.15) is 8.42 Å². The summed E-state index contributed by atoms with van der Waals surface area (Å²) in [4.78, 5) is 12.5. The molecule has 2 atom stereocenters. The summed E-state index contributed by atoms with van der Waals surface area (Å²) >= 11 is 0. The van der Waals surface area contributed by atoms with E-state index >= 15 is 0 Å². The second-order valence-electron chi connectivity index (χ2n) is 14.2. The lowest BCUT2D eigenvalue weighted by Gasteiger charge is -2.21. The molecule has 7 heteroatoms. The molecule has 0 saturated heterocycles. The van der Waals surface area contributed by atoms with E-state index in [9.17, 15) is 22.9 Å². The molecular weight excluding hydrogens is 715 g/mol. The predicted molar refractivity (Wildman–Crippen MR) is 243 cm³/mol. The monoisotopic (exact) mass is 794 g/mol. The maximum atomic E-state index is 12.5. The van der Waals surface area contributed by atoms with Gasteiger partial charge in [0, 0.05) is 6.42 Å². The third-order valence-electron chi connectivity index (χ3n) is 8.85. The van der Waals surface area contributed by atoms with E-state index in [0.29, 0.717) is 19.3 Å². The Morgan fingerprint density at radius 1 is 0.500 bits per heavy atom. The molecule has 0 saturated carbocycles. The Bertz CT molecular complexity index is 1330. The Kier molecular flexibility index (Phi) is 39.0. The molecule has 0 aromatic carbocycles. The number of hydrogen-bond acceptors (Lipinski definition) is 4. The lowest BCUT2D eigenvalue weighted by Crippen LogP contribution is -2.46. The van der Waals surface area contributed by atoms with Crippen LogP contribution in [0.5, 0.6) is 0 Å². The van der Waals surface area contributed by atoms with Crippen LogP contribution in [0.25, 0.3) is 0 Å². The number of aliphatic hydroxyl groups excluding tert-OH is 1. The molecule has 0 spiro atoms. The van der Waals surface area contributed by atoms with Gasteiger partial charge >= 0.3 is 0 Å². The van der Waals surface area contributed by atoms with Crippen LogP contribution in [0, 0.1) is 0 Å². The highest BCUT2D eigenvalue weighted by atomic mass is 32.2. The van der Waals surface area contributed by atoms with Gasteiger partial charge in [0.15, 0.2) is 0 Å². The molecular formula is C49H79NO5S. The number of nitrogens with one attached hydrogen (secondary N) is 1. The van der Waals surface area contributed by atoms with Crippen LogP contribution in [0.1, 0.15) is 162 Å². The number of unbranched alkanes of at least 4 members (excludes halogenated alkanes) is 11. The molecule has 3 N–H and O–H groups in total. The highest BCUT2D eigenvalue weighted by Gasteiger charge is 2.24. The Labute approximate surface area is 343 Å². The first-order chi connectivity index (χ1) is 27.3. The van der Waals surface area contributed by atoms with Crippen molar-refractivity contribution in [3.63, 3.8) is 0 Å². The lowest BCUT2D eigenvalue weighted by atomic mass is 10.1. The molecule has 0 radical (unpaired) electrons. The third kappa shape index (κ3) is 41.9. The van der Waals surface area contributed by atoms with Crippen LogP contribution < -0.4 is 5.32 Å². The van der Waals surface area contributed by atoms with Gasteiger partial charge in [-0.3, -0.25) is 9.35 Å². The number of carbonyl (C=O) groups is 1. The number of carbonyl (C=O) groups excluding carboxylic acids is 1. The van der Waals surface area contributed by atoms with Gasteiger partial charge < -0.3 is 10.4 Å². The van der Waals surface area contributed by atoms with Crippen LogP contribution in [-0.4, -0.2) is 41.9 Å². The number of allylic oxidation sites excluding steroid dienone is 19. The van der Waals surface area contributed by atoms with Crippen LogP contribution in [0.15, 0.2) is 122 Å². The summed E-state index contributed by atoms with van der Waals surface area (Å²) in [5.74, 6) is -1.10. The Hall–Kier alpha value is -3.26. The zero-order valence-electron chi connectivity index (χ0n) is 35.2. The van der Waals surface area contributed by atoms with Crippen molar-refractivity contribution in [2.75, 3.05) is 5.75 Å². The average molecular weight is 794 g/mol. The second-order valence-corrected chi connectivity index (χ2v) is 15.7. The van der Waals surface area contributed by atoms with E-state index in [1.165, 1.54) is 57.4 Å². The molecule has 0 aliphatic rings. The molecule has 56 heavy (non-hydrogen) atoms. The van der Waals surface area contributed by atoms with Crippen molar-refractivity contribution in [1.29, 1.82) is 0 Å². The van der Waals surface area contributed by atoms with Gasteiger partial charge in [-0.25, -0.2) is 0 Å². The molecule has 0 rings (SSSR count). The Morgan fingerprint density at radius 3 is 1.34 bits per heavy atom. The van der Waals surface area contributed by atoms with Gasteiger partial charge in [0.25, 0.3) is 10.1 Å². The van der Waals surface area contributed by atoms with Crippen LogP contribution >= 0.6 is 0 Å². The number of hydrogen-bond donors (Lipinski definition) is 3. The smallest absolute Gasteiger partial charge is 0.267 e. The Balaban J connectivity index is 4.13. The standard InChI is InChI=1S/C49H79NO5S/c1-3-5-7-9-11-13-15-17-19-21-23-24-25-26-27-29-31-33-35-37-39-41-43-45-49(52)50-47(46-56(53,54)55)48(51)44-42-40-38-36-34-32-30-28-22-20-18-16-14-12-10-8-6-4-2/h5,7,11,13,17,19,22-24,26-28,31,33-34,36-37,39,42,44,47-48,51H,3-4,6,8-10,12,14-16,18,20-21,25,29-30,32,35,38,40-41,43,45-46H2,1-2H3,(H,50,52)(H,53,54,55)/b7-5-,13-11-,19-17-,24-23-,27-26-,28-22+,33-31-,36-34+,39-37-,44-42+. The van der Waals surface area contributed by atoms with Crippen molar-refractivity contribution in [3.05, 3.63) is 122 Å². The first-order valence-corrected chi connectivity index (χ1v) is 23.3. The van der Waals surface area contributed by atoms with E-state index in [1.54, 1.807) is 6.08 Å². The zero-order chi connectivity index (χ0) is 41.1. The van der Waals surface area contributed by atoms with E-state index in [2.05, 4.69) is 122 Å². The number of amides is 1. The van der Waals surface area contributed by atoms with Crippen LogP contribution in [0.2, 0.25) is 0 Å². The van der Waals surface area contributed by atoms with Gasteiger partial charge in [0.1, 0.15) is 0 Å². The first-order valence-electron chi connectivity index (χ1n) is 21.7. The van der Waals surface area contributed by atoms with Gasteiger partial charge in [-0.15, -0.1) is 0 Å². The highest BCUT2D eigenvalue weighted by molar-refractivity contribution is 7.85. The van der Waals surface area contributed by atoms with Crippen molar-refractivity contribution in [3.8, 4) is 0 Å². The van der Waals surface area contributed by atoms with Crippen LogP contribution in [0.4, 0.5) is 0 Å². The molecule has 0 bridgehead atoms. The lowest BCUT2D eigenvalue weighted by molar-refractivity contribution is -0.122. The van der Waals surface area contributed by atoms with E-state index in [4.69, 9.17) is 0 Å². The minimum Gasteiger partial charge on any atom is -0.387 e. The SMILES string of the molecule is CC/C=C\C/C=C\C/C=C\C/C=C\C/C=C\C/C=C\C/C=C\CCCC(=O)NC(CS(=O)(=O)O)C(O)/C=C/CC/C=C/CC/C=C/CCCCCCCCCC. The van der Waals surface area contributed by atoms with E-state index < -0.39 is 28.0 Å². The molecule has 6 nitrogen and oxygen atoms in total. The maximum Gasteiger partial charge on any atom is 0.267 e. The summed E-state index contributed by atoms with van der Waals surface area (Å²) in [5, 5.41) is 13.2. The van der Waals surface area contributed by atoms with E-state index in [1.807, 2.05) is 6.08 Å². The molecule has 0 heterocycles. The summed E-state index contributed by atoms with van der Waals surface area (Å²) in [7, 11) is -4.39. The fraction of sp³-hybridized carbons (Fsp3) is 0.571. The van der Waals surface area contributed by atoms with Crippen molar-refractivity contribution >= 4 is 16.0 Å². The fourth-order valence-corrected chi connectivity index (χ4v) is 6.38. The van der Waals surface area contributed by atoms with Gasteiger partial charge in [0.05, 0.1) is 17.9 Å². The molecule has 1 amide bonds. The summed E-state index contributed by atoms with van der Waals surface area (Å²) in [6, 6.07) is -1.12. The van der Waals surface area contributed by atoms with Gasteiger partial charge in [0.2, 0.25) is 5.91 Å². The van der Waals surface area contributed by atoms with E-state index in [0.717, 1.165) is 70.6 Å². The molecule has 0 aromatic heterocycles. The summed E-state index contributed by atoms with van der Waals surface area (Å²) in [6.45, 7) is 4.40. The maximum absolute atomic E-state index is 12.5. The molecule has 0 aliphatic heterocycles. The van der Waals surface area contributed by atoms with Crippen molar-refractivity contribution in [2.45, 2.75) is 174 Å². The molecule has 0 aromatic rings. The minimum absolute atomic E-state index is 0.196. The Morgan fingerprint density at radius 2 is 0.875 bits per heavy atom. The molecule has 0 aliphatic carbocycles. The number of rotatable bonds is 37. The summed E-state index contributed by atoms with van der Waals surface area (Å²) < 4.78 is 32.5. The normalized spacial score (nSPS) is 14.4. The third-order valence-corrected chi connectivity index (χ3v) is 9.63. The minimum atomic E-state index is -4.39. The number of aliphatic hydroxyl groups is 1. The van der Waals surface area contributed by atoms with Gasteiger partial charge in [-0.1, -0.05) is 180 Å². The summed E-state index contributed by atoms with van der Waals surface area (Å²) in [6.07, 6.45) is 64.7. The topological polar surface area (TPSA) is 104 Å². The van der Waals surface area contributed by atoms with Crippen molar-refractivity contribution in [1.82, 2.24) is 5.32 Å².